The van der Waals surface area contributed by atoms with E-state index in [9.17, 15) is 0 Å². The molecule has 90 valence electrons. The highest BCUT2D eigenvalue weighted by atomic mass is 35.5. The zero-order valence-corrected chi connectivity index (χ0v) is 10.3. The van der Waals surface area contributed by atoms with E-state index in [-0.39, 0.29) is 0 Å². The van der Waals surface area contributed by atoms with Crippen molar-refractivity contribution in [2.24, 2.45) is 0 Å². The molecule has 0 saturated heterocycles. The molecular formula is C11H12ClN3O2. The second-order valence-electron chi connectivity index (χ2n) is 3.38. The molecule has 2 aromatic rings. The topological polar surface area (TPSA) is 60.2 Å². The van der Waals surface area contributed by atoms with E-state index >= 15 is 0 Å². The van der Waals surface area contributed by atoms with Crippen LogP contribution in [0.2, 0.25) is 5.02 Å². The highest BCUT2D eigenvalue weighted by molar-refractivity contribution is 6.30. The van der Waals surface area contributed by atoms with Gasteiger partial charge in [0, 0.05) is 5.02 Å². The summed E-state index contributed by atoms with van der Waals surface area (Å²) >= 11 is 5.88. The summed E-state index contributed by atoms with van der Waals surface area (Å²) < 4.78 is 10.7. The largest absolute Gasteiger partial charge is 0.496 e. The summed E-state index contributed by atoms with van der Waals surface area (Å²) in [5.41, 5.74) is 0.728. The maximum atomic E-state index is 5.88. The number of hydrogen-bond acceptors (Lipinski definition) is 5. The molecule has 0 radical (unpaired) electrons. The van der Waals surface area contributed by atoms with Gasteiger partial charge in [-0.05, 0) is 25.2 Å². The first kappa shape index (κ1) is 11.9. The number of halogens is 1. The first-order valence-electron chi connectivity index (χ1n) is 5.05. The Hall–Kier alpha value is -1.59. The Morgan fingerprint density at radius 3 is 2.94 bits per heavy atom. The number of nitrogens with one attached hydrogen (secondary N) is 1. The monoisotopic (exact) mass is 253 g/mol. The Labute approximate surface area is 104 Å². The Kier molecular flexibility index (Phi) is 3.61. The summed E-state index contributed by atoms with van der Waals surface area (Å²) in [6, 6.07) is 5.25. The molecule has 1 N–H and O–H groups in total. The van der Waals surface area contributed by atoms with Gasteiger partial charge in [-0.3, -0.25) is 0 Å². The Balaban J connectivity index is 2.37. The summed E-state index contributed by atoms with van der Waals surface area (Å²) in [4.78, 5) is 0. The normalized spacial score (nSPS) is 10.5. The molecule has 0 bridgehead atoms. The van der Waals surface area contributed by atoms with Crippen LogP contribution in [-0.4, -0.2) is 24.4 Å². The minimum absolute atomic E-state index is 0.420. The molecule has 0 atom stereocenters. The summed E-state index contributed by atoms with van der Waals surface area (Å²) in [7, 11) is 3.38. The maximum absolute atomic E-state index is 5.88. The second-order valence-corrected chi connectivity index (χ2v) is 3.81. The Morgan fingerprint density at radius 1 is 1.41 bits per heavy atom. The SMILES string of the molecule is CNCc1nnc(-c2ccc(Cl)cc2OC)o1. The van der Waals surface area contributed by atoms with Crippen molar-refractivity contribution in [2.45, 2.75) is 6.54 Å². The average molecular weight is 254 g/mol. The van der Waals surface area contributed by atoms with E-state index in [0.29, 0.717) is 29.1 Å². The number of aromatic nitrogens is 2. The highest BCUT2D eigenvalue weighted by Crippen LogP contribution is 2.31. The number of benzene rings is 1. The van der Waals surface area contributed by atoms with Crippen LogP contribution in [0.5, 0.6) is 5.75 Å². The average Bonchev–Trinajstić information content (AvgIpc) is 2.78. The molecule has 0 aliphatic heterocycles. The van der Waals surface area contributed by atoms with Crippen molar-refractivity contribution in [1.29, 1.82) is 0 Å². The van der Waals surface area contributed by atoms with Crippen LogP contribution >= 0.6 is 11.6 Å². The first-order chi connectivity index (χ1) is 8.24. The standard InChI is InChI=1S/C11H12ClN3O2/c1-13-6-10-14-15-11(17-10)8-4-3-7(12)5-9(8)16-2/h3-5,13H,6H2,1-2H3. The van der Waals surface area contributed by atoms with Gasteiger partial charge in [-0.25, -0.2) is 0 Å². The van der Waals surface area contributed by atoms with Gasteiger partial charge in [0.05, 0.1) is 19.2 Å². The first-order valence-corrected chi connectivity index (χ1v) is 5.43. The number of hydrogen-bond donors (Lipinski definition) is 1. The van der Waals surface area contributed by atoms with E-state index in [1.54, 1.807) is 25.3 Å². The van der Waals surface area contributed by atoms with E-state index in [0.717, 1.165) is 5.56 Å². The molecular weight excluding hydrogens is 242 g/mol. The number of nitrogens with zero attached hydrogens (tertiary/aromatic N) is 2. The van der Waals surface area contributed by atoms with Gasteiger partial charge in [0.1, 0.15) is 5.75 Å². The third kappa shape index (κ3) is 2.57. The Bertz CT molecular complexity index is 513. The van der Waals surface area contributed by atoms with Gasteiger partial charge in [0.2, 0.25) is 5.89 Å². The van der Waals surface area contributed by atoms with Crippen LogP contribution in [0, 0.1) is 0 Å². The van der Waals surface area contributed by atoms with Gasteiger partial charge in [0.25, 0.3) is 5.89 Å². The summed E-state index contributed by atoms with van der Waals surface area (Å²) in [6.45, 7) is 0.531. The zero-order valence-electron chi connectivity index (χ0n) is 9.53. The van der Waals surface area contributed by atoms with Crippen LogP contribution in [0.25, 0.3) is 11.5 Å². The van der Waals surface area contributed by atoms with E-state index in [4.69, 9.17) is 20.8 Å². The van der Waals surface area contributed by atoms with E-state index in [2.05, 4.69) is 15.5 Å². The predicted molar refractivity (Wildman–Crippen MR) is 64.1 cm³/mol. The molecule has 0 saturated carbocycles. The second kappa shape index (κ2) is 5.16. The van der Waals surface area contributed by atoms with Crippen molar-refractivity contribution >= 4 is 11.6 Å². The van der Waals surface area contributed by atoms with Crippen molar-refractivity contribution < 1.29 is 9.15 Å². The minimum Gasteiger partial charge on any atom is -0.496 e. The molecule has 0 unspecified atom stereocenters. The summed E-state index contributed by atoms with van der Waals surface area (Å²) in [5.74, 6) is 1.56. The van der Waals surface area contributed by atoms with Gasteiger partial charge >= 0.3 is 0 Å². The quantitative estimate of drug-likeness (QED) is 0.904. The molecule has 1 aromatic carbocycles. The number of methoxy groups -OCH3 is 1. The molecule has 0 amide bonds. The number of ether oxygens (including phenoxy) is 1. The van der Waals surface area contributed by atoms with E-state index in [1.165, 1.54) is 0 Å². The minimum atomic E-state index is 0.420. The predicted octanol–water partition coefficient (Wildman–Crippen LogP) is 2.12. The third-order valence-electron chi connectivity index (χ3n) is 2.19. The van der Waals surface area contributed by atoms with Gasteiger partial charge in [-0.2, -0.15) is 0 Å². The molecule has 1 aromatic heterocycles. The molecule has 6 heteroatoms. The van der Waals surface area contributed by atoms with Gasteiger partial charge in [-0.1, -0.05) is 11.6 Å². The van der Waals surface area contributed by atoms with Gasteiger partial charge in [-0.15, -0.1) is 10.2 Å². The Morgan fingerprint density at radius 2 is 2.24 bits per heavy atom. The highest BCUT2D eigenvalue weighted by Gasteiger charge is 2.13. The van der Waals surface area contributed by atoms with Gasteiger partial charge < -0.3 is 14.5 Å². The van der Waals surface area contributed by atoms with Crippen LogP contribution in [-0.2, 0) is 6.54 Å². The van der Waals surface area contributed by atoms with Crippen molar-refractivity contribution in [3.05, 3.63) is 29.1 Å². The lowest BCUT2D eigenvalue weighted by Gasteiger charge is -2.04. The van der Waals surface area contributed by atoms with Crippen LogP contribution in [0.1, 0.15) is 5.89 Å². The lowest BCUT2D eigenvalue weighted by molar-refractivity contribution is 0.413. The zero-order chi connectivity index (χ0) is 12.3. The van der Waals surface area contributed by atoms with E-state index < -0.39 is 0 Å². The maximum Gasteiger partial charge on any atom is 0.251 e. The molecule has 17 heavy (non-hydrogen) atoms. The van der Waals surface area contributed by atoms with Gasteiger partial charge in [0.15, 0.2) is 0 Å². The number of rotatable bonds is 4. The molecule has 0 fully saturated rings. The molecule has 5 nitrogen and oxygen atoms in total. The van der Waals surface area contributed by atoms with Crippen molar-refractivity contribution in [3.63, 3.8) is 0 Å². The molecule has 0 aliphatic rings. The fraction of sp³-hybridized carbons (Fsp3) is 0.273. The lowest BCUT2D eigenvalue weighted by Crippen LogP contribution is -2.04. The molecule has 0 aliphatic carbocycles. The van der Waals surface area contributed by atoms with Crippen molar-refractivity contribution in [1.82, 2.24) is 15.5 Å². The van der Waals surface area contributed by atoms with Crippen molar-refractivity contribution in [3.8, 4) is 17.2 Å². The molecule has 1 heterocycles. The third-order valence-corrected chi connectivity index (χ3v) is 2.42. The summed E-state index contributed by atoms with van der Waals surface area (Å²) in [5, 5.41) is 11.4. The molecule has 0 spiro atoms. The van der Waals surface area contributed by atoms with Crippen molar-refractivity contribution in [2.75, 3.05) is 14.2 Å². The van der Waals surface area contributed by atoms with Crippen LogP contribution < -0.4 is 10.1 Å². The lowest BCUT2D eigenvalue weighted by atomic mass is 10.2. The fourth-order valence-electron chi connectivity index (χ4n) is 1.43. The van der Waals surface area contributed by atoms with Crippen LogP contribution in [0.4, 0.5) is 0 Å². The fourth-order valence-corrected chi connectivity index (χ4v) is 1.59. The summed E-state index contributed by atoms with van der Waals surface area (Å²) in [6.07, 6.45) is 0. The van der Waals surface area contributed by atoms with Crippen LogP contribution in [0.3, 0.4) is 0 Å². The van der Waals surface area contributed by atoms with E-state index in [1.807, 2.05) is 7.05 Å². The smallest absolute Gasteiger partial charge is 0.251 e. The molecule has 2 rings (SSSR count). The van der Waals surface area contributed by atoms with Crippen LogP contribution in [0.15, 0.2) is 22.6 Å².